The Morgan fingerprint density at radius 3 is 2.35 bits per heavy atom. The molecule has 2 aliphatic rings. The van der Waals surface area contributed by atoms with Crippen molar-refractivity contribution in [2.45, 2.75) is 38.8 Å². The van der Waals surface area contributed by atoms with Gasteiger partial charge in [0.1, 0.15) is 17.5 Å². The Labute approximate surface area is 216 Å². The second-order valence-corrected chi connectivity index (χ2v) is 10.2. The topological polar surface area (TPSA) is 92.7 Å². The van der Waals surface area contributed by atoms with Crippen molar-refractivity contribution in [3.8, 4) is 11.5 Å². The highest BCUT2D eigenvalue weighted by atomic mass is 16.5. The molecule has 1 saturated heterocycles. The van der Waals surface area contributed by atoms with Crippen LogP contribution in [0.1, 0.15) is 31.9 Å². The van der Waals surface area contributed by atoms with E-state index in [0.29, 0.717) is 31.1 Å². The Morgan fingerprint density at radius 1 is 0.892 bits per heavy atom. The Morgan fingerprint density at radius 2 is 1.62 bits per heavy atom. The highest BCUT2D eigenvalue weighted by Crippen LogP contribution is 2.35. The number of nitrogens with one attached hydrogen (secondary N) is 2. The van der Waals surface area contributed by atoms with Crippen LogP contribution in [0.15, 0.2) is 77.6 Å². The van der Waals surface area contributed by atoms with Gasteiger partial charge in [0, 0.05) is 43.0 Å². The summed E-state index contributed by atoms with van der Waals surface area (Å²) in [7, 11) is 0. The van der Waals surface area contributed by atoms with Gasteiger partial charge in [-0.1, -0.05) is 38.1 Å². The minimum absolute atomic E-state index is 0.0151. The molecule has 0 saturated carbocycles. The lowest BCUT2D eigenvalue weighted by molar-refractivity contribution is -0.118. The van der Waals surface area contributed by atoms with Crippen LogP contribution in [0.2, 0.25) is 0 Å². The minimum Gasteiger partial charge on any atom is -0.457 e. The molecule has 37 heavy (non-hydrogen) atoms. The zero-order valence-electron chi connectivity index (χ0n) is 21.1. The van der Waals surface area contributed by atoms with E-state index in [2.05, 4.69) is 10.6 Å². The van der Waals surface area contributed by atoms with Gasteiger partial charge in [0.15, 0.2) is 0 Å². The van der Waals surface area contributed by atoms with Crippen LogP contribution in [0.4, 0.5) is 10.5 Å². The van der Waals surface area contributed by atoms with E-state index in [-0.39, 0.29) is 35.3 Å². The summed E-state index contributed by atoms with van der Waals surface area (Å²) in [5.41, 5.74) is 1.63. The lowest BCUT2D eigenvalue weighted by Gasteiger charge is -2.43. The van der Waals surface area contributed by atoms with Gasteiger partial charge in [0.25, 0.3) is 5.56 Å². The number of likely N-dealkylation sites (tertiary alicyclic amines) is 1. The molecule has 3 aromatic rings. The van der Waals surface area contributed by atoms with Crippen LogP contribution < -0.4 is 20.9 Å². The quantitative estimate of drug-likeness (QED) is 0.524. The summed E-state index contributed by atoms with van der Waals surface area (Å²) in [6, 6.07) is 21.0. The summed E-state index contributed by atoms with van der Waals surface area (Å²) in [6.07, 6.45) is 0.964. The summed E-state index contributed by atoms with van der Waals surface area (Å²) in [4.78, 5) is 40.4. The van der Waals surface area contributed by atoms with Crippen molar-refractivity contribution in [3.63, 3.8) is 0 Å². The second kappa shape index (κ2) is 10.5. The number of hydrogen-bond donors (Lipinski definition) is 2. The molecule has 2 aliphatic heterocycles. The third kappa shape index (κ3) is 5.53. The number of urea groups is 1. The molecule has 5 rings (SSSR count). The number of fused-ring (bicyclic) bond motifs is 4. The van der Waals surface area contributed by atoms with Crippen molar-refractivity contribution in [1.82, 2.24) is 14.8 Å². The van der Waals surface area contributed by atoms with Crippen LogP contribution in [0, 0.1) is 11.8 Å². The Hall–Kier alpha value is -4.07. The number of carbonyl (C=O) groups excluding carboxylic acids is 2. The zero-order valence-corrected chi connectivity index (χ0v) is 21.1. The van der Waals surface area contributed by atoms with Crippen LogP contribution in [0.3, 0.4) is 0 Å². The average molecular weight is 501 g/mol. The fourth-order valence-electron chi connectivity index (χ4n) is 5.27. The molecule has 3 amide bonds. The number of aromatic nitrogens is 1. The molecule has 2 bridgehead atoms. The minimum atomic E-state index is -0.690. The highest BCUT2D eigenvalue weighted by molar-refractivity contribution is 5.97. The summed E-state index contributed by atoms with van der Waals surface area (Å²) >= 11 is 0. The first-order valence-corrected chi connectivity index (χ1v) is 12.8. The van der Waals surface area contributed by atoms with Crippen molar-refractivity contribution in [2.24, 2.45) is 11.8 Å². The predicted octanol–water partition coefficient (Wildman–Crippen LogP) is 4.43. The van der Waals surface area contributed by atoms with E-state index in [4.69, 9.17) is 4.74 Å². The average Bonchev–Trinajstić information content (AvgIpc) is 2.89. The van der Waals surface area contributed by atoms with Crippen LogP contribution in [-0.2, 0) is 11.3 Å². The second-order valence-electron chi connectivity index (χ2n) is 10.2. The van der Waals surface area contributed by atoms with E-state index in [1.165, 1.54) is 0 Å². The number of anilines is 1. The van der Waals surface area contributed by atoms with E-state index in [9.17, 15) is 14.4 Å². The van der Waals surface area contributed by atoms with Crippen LogP contribution in [0.5, 0.6) is 11.5 Å². The fraction of sp³-hybridized carbons (Fsp3) is 0.345. The van der Waals surface area contributed by atoms with Crippen LogP contribution in [0.25, 0.3) is 0 Å². The van der Waals surface area contributed by atoms with E-state index >= 15 is 0 Å². The summed E-state index contributed by atoms with van der Waals surface area (Å²) in [5, 5.41) is 5.87. The molecular weight excluding hydrogens is 468 g/mol. The molecule has 2 N–H and O–H groups in total. The molecular formula is C29H32N4O4. The van der Waals surface area contributed by atoms with Gasteiger partial charge in [-0.3, -0.25) is 9.59 Å². The molecule has 0 spiro atoms. The number of amides is 3. The zero-order chi connectivity index (χ0) is 25.9. The molecule has 0 aliphatic carbocycles. The highest BCUT2D eigenvalue weighted by Gasteiger charge is 2.37. The van der Waals surface area contributed by atoms with Crippen molar-refractivity contribution < 1.29 is 14.3 Å². The van der Waals surface area contributed by atoms with Crippen molar-refractivity contribution in [2.75, 3.05) is 18.4 Å². The smallest absolute Gasteiger partial charge is 0.318 e. The van der Waals surface area contributed by atoms with E-state index in [1.54, 1.807) is 41.3 Å². The van der Waals surface area contributed by atoms with Gasteiger partial charge in [-0.2, -0.15) is 0 Å². The Kier molecular flexibility index (Phi) is 6.99. The third-order valence-electron chi connectivity index (χ3n) is 7.10. The molecule has 8 nitrogen and oxygen atoms in total. The maximum atomic E-state index is 13.2. The normalized spacial score (nSPS) is 19.1. The van der Waals surface area contributed by atoms with Gasteiger partial charge in [-0.05, 0) is 60.7 Å². The molecule has 3 heterocycles. The van der Waals surface area contributed by atoms with Gasteiger partial charge < -0.3 is 24.8 Å². The van der Waals surface area contributed by atoms with Gasteiger partial charge in [0.2, 0.25) is 5.91 Å². The van der Waals surface area contributed by atoms with Crippen LogP contribution >= 0.6 is 0 Å². The lowest BCUT2D eigenvalue weighted by atomic mass is 9.83. The monoisotopic (exact) mass is 500 g/mol. The predicted molar refractivity (Wildman–Crippen MR) is 142 cm³/mol. The molecule has 3 unspecified atom stereocenters. The first-order chi connectivity index (χ1) is 17.9. The van der Waals surface area contributed by atoms with E-state index in [0.717, 1.165) is 17.9 Å². The van der Waals surface area contributed by atoms with Gasteiger partial charge >= 0.3 is 6.03 Å². The van der Waals surface area contributed by atoms with Gasteiger partial charge in [-0.15, -0.1) is 0 Å². The number of rotatable bonds is 6. The number of para-hydroxylation sites is 1. The number of ether oxygens (including phenoxy) is 1. The molecule has 192 valence electrons. The summed E-state index contributed by atoms with van der Waals surface area (Å²) in [6.45, 7) is 5.54. The number of piperidine rings is 1. The molecule has 2 aromatic carbocycles. The molecule has 1 fully saturated rings. The number of carbonyl (C=O) groups is 2. The third-order valence-corrected chi connectivity index (χ3v) is 7.10. The van der Waals surface area contributed by atoms with Gasteiger partial charge in [-0.25, -0.2) is 4.79 Å². The van der Waals surface area contributed by atoms with Gasteiger partial charge in [0.05, 0.1) is 0 Å². The number of pyridine rings is 1. The molecule has 3 atom stereocenters. The van der Waals surface area contributed by atoms with Crippen LogP contribution in [-0.4, -0.2) is 40.5 Å². The Balaban J connectivity index is 1.21. The molecule has 1 aromatic heterocycles. The lowest BCUT2D eigenvalue weighted by Crippen LogP contribution is -2.56. The first kappa shape index (κ1) is 24.6. The SMILES string of the molecule is CC(C)C(NC(=O)N1CC2CC(C1)c1cccc(=O)n1C2)C(=O)Nc1ccc(Oc2ccccc2)cc1. The maximum absolute atomic E-state index is 13.2. The first-order valence-electron chi connectivity index (χ1n) is 12.8. The molecule has 8 heteroatoms. The van der Waals surface area contributed by atoms with Crippen molar-refractivity contribution in [1.29, 1.82) is 0 Å². The molecule has 0 radical (unpaired) electrons. The Bertz CT molecular complexity index is 1320. The largest absolute Gasteiger partial charge is 0.457 e. The summed E-state index contributed by atoms with van der Waals surface area (Å²) in [5.74, 6) is 1.37. The van der Waals surface area contributed by atoms with E-state index < -0.39 is 6.04 Å². The fourth-order valence-corrected chi connectivity index (χ4v) is 5.27. The number of benzene rings is 2. The number of hydrogen-bond acceptors (Lipinski definition) is 4. The summed E-state index contributed by atoms with van der Waals surface area (Å²) < 4.78 is 7.65. The van der Waals surface area contributed by atoms with Crippen molar-refractivity contribution >= 4 is 17.6 Å². The standard InChI is InChI=1S/C29H32N4O4/c1-19(2)27(28(35)30-22-11-13-24(14-12-22)37-23-7-4-3-5-8-23)31-29(36)32-16-20-15-21(18-32)25-9-6-10-26(34)33(25)17-20/h3-14,19-21,27H,15-18H2,1-2H3,(H,30,35)(H,31,36). The van der Waals surface area contributed by atoms with E-state index in [1.807, 2.05) is 54.8 Å². The van der Waals surface area contributed by atoms with Crippen molar-refractivity contribution in [3.05, 3.63) is 88.8 Å². The maximum Gasteiger partial charge on any atom is 0.318 e. The number of nitrogens with zero attached hydrogens (tertiary/aromatic N) is 2.